The largest absolute Gasteiger partial charge is 0.707 e. The summed E-state index contributed by atoms with van der Waals surface area (Å²) in [5.74, 6) is 0.466. The smallest absolute Gasteiger partial charge is 0.512 e. The summed E-state index contributed by atoms with van der Waals surface area (Å²) in [4.78, 5) is 0. The van der Waals surface area contributed by atoms with Crippen LogP contribution in [0.2, 0.25) is 0 Å². The third kappa shape index (κ3) is 2.51. The van der Waals surface area contributed by atoms with Crippen LogP contribution in [0.25, 0.3) is 0 Å². The van der Waals surface area contributed by atoms with Gasteiger partial charge in [-0.05, 0) is 30.7 Å². The van der Waals surface area contributed by atoms with Gasteiger partial charge in [0.2, 0.25) is 0 Å². The molecule has 5 heteroatoms. The minimum atomic E-state index is -1.76. The second kappa shape index (κ2) is 3.93. The van der Waals surface area contributed by atoms with Gasteiger partial charge in [-0.1, -0.05) is 15.9 Å². The van der Waals surface area contributed by atoms with Gasteiger partial charge < -0.3 is 14.7 Å². The van der Waals surface area contributed by atoms with Crippen molar-refractivity contribution in [3.05, 3.63) is 28.2 Å². The molecule has 1 aromatic rings. The van der Waals surface area contributed by atoms with E-state index in [2.05, 4.69) is 15.9 Å². The molecule has 0 aliphatic heterocycles. The molecule has 0 aliphatic carbocycles. The van der Waals surface area contributed by atoms with Crippen LogP contribution in [0.3, 0.4) is 0 Å². The van der Waals surface area contributed by atoms with E-state index in [9.17, 15) is 0 Å². The number of halogens is 1. The first-order valence-electron chi connectivity index (χ1n) is 3.38. The first kappa shape index (κ1) is 9.57. The summed E-state index contributed by atoms with van der Waals surface area (Å²) < 4.78 is 5.62. The Morgan fingerprint density at radius 1 is 1.42 bits per heavy atom. The number of rotatable bonds is 2. The fraction of sp³-hybridized carbons (Fsp3) is 0.143. The van der Waals surface area contributed by atoms with Crippen molar-refractivity contribution in [1.29, 1.82) is 0 Å². The molecule has 0 aromatic heterocycles. The lowest BCUT2D eigenvalue weighted by atomic mass is 10.2. The highest BCUT2D eigenvalue weighted by molar-refractivity contribution is 9.10. The number of aryl methyl sites for hydroxylation is 1. The predicted octanol–water partition coefficient (Wildman–Crippen LogP) is 1.11. The van der Waals surface area contributed by atoms with Crippen molar-refractivity contribution >= 4 is 23.3 Å². The number of hydrogen-bond donors (Lipinski definition) is 2. The molecule has 0 saturated carbocycles. The lowest BCUT2D eigenvalue weighted by Crippen LogP contribution is -2.20. The van der Waals surface area contributed by atoms with Gasteiger partial charge in [0, 0.05) is 4.47 Å². The molecule has 0 unspecified atom stereocenters. The molecule has 3 nitrogen and oxygen atoms in total. The van der Waals surface area contributed by atoms with Gasteiger partial charge in [0.15, 0.2) is 0 Å². The van der Waals surface area contributed by atoms with Crippen LogP contribution in [0.15, 0.2) is 22.7 Å². The summed E-state index contributed by atoms with van der Waals surface area (Å²) in [5.41, 5.74) is 0.845. The summed E-state index contributed by atoms with van der Waals surface area (Å²) in [5, 5.41) is 17.0. The highest BCUT2D eigenvalue weighted by Gasteiger charge is 2.12. The monoisotopic (exact) mass is 230 g/mol. The molecule has 0 saturated heterocycles. The molecule has 64 valence electrons. The molecule has 0 heterocycles. The maximum absolute atomic E-state index is 8.52. The Hall–Kier alpha value is -0.515. The van der Waals surface area contributed by atoms with Gasteiger partial charge in [-0.25, -0.2) is 0 Å². The summed E-state index contributed by atoms with van der Waals surface area (Å²) in [6.45, 7) is 1.82. The van der Waals surface area contributed by atoms with E-state index in [1.807, 2.05) is 13.0 Å². The van der Waals surface area contributed by atoms with Crippen LogP contribution in [-0.4, -0.2) is 17.4 Å². The topological polar surface area (TPSA) is 49.7 Å². The van der Waals surface area contributed by atoms with Gasteiger partial charge in [0.05, 0.1) is 0 Å². The van der Waals surface area contributed by atoms with E-state index >= 15 is 0 Å². The van der Waals surface area contributed by atoms with Gasteiger partial charge in [0.1, 0.15) is 5.75 Å². The van der Waals surface area contributed by atoms with Crippen LogP contribution in [-0.2, 0) is 0 Å². The average Bonchev–Trinajstić information content (AvgIpc) is 1.94. The molecule has 0 amide bonds. The molecule has 0 fully saturated rings. The minimum absolute atomic E-state index is 0.466. The van der Waals surface area contributed by atoms with Crippen LogP contribution >= 0.6 is 15.9 Å². The van der Waals surface area contributed by atoms with E-state index in [1.165, 1.54) is 0 Å². The Morgan fingerprint density at radius 2 is 2.08 bits per heavy atom. The van der Waals surface area contributed by atoms with E-state index in [0.717, 1.165) is 10.0 Å². The third-order valence-electron chi connectivity index (χ3n) is 1.37. The van der Waals surface area contributed by atoms with Crippen LogP contribution < -0.4 is 4.65 Å². The van der Waals surface area contributed by atoms with Gasteiger partial charge in [0.25, 0.3) is 0 Å². The van der Waals surface area contributed by atoms with Crippen molar-refractivity contribution in [3.63, 3.8) is 0 Å². The lowest BCUT2D eigenvalue weighted by Gasteiger charge is -2.07. The molecule has 1 aromatic carbocycles. The maximum Gasteiger partial charge on any atom is 0.707 e. The molecular weight excluding hydrogens is 223 g/mol. The quantitative estimate of drug-likeness (QED) is 0.749. The number of benzene rings is 1. The predicted molar refractivity (Wildman–Crippen MR) is 49.7 cm³/mol. The van der Waals surface area contributed by atoms with Crippen molar-refractivity contribution < 1.29 is 14.7 Å². The Balaban J connectivity index is 2.86. The first-order valence-corrected chi connectivity index (χ1v) is 4.18. The second-order valence-corrected chi connectivity index (χ2v) is 3.27. The van der Waals surface area contributed by atoms with Crippen LogP contribution in [0, 0.1) is 6.92 Å². The molecule has 0 radical (unpaired) electrons. The van der Waals surface area contributed by atoms with Crippen LogP contribution in [0.1, 0.15) is 5.56 Å². The maximum atomic E-state index is 8.52. The Bertz CT molecular complexity index is 277. The summed E-state index contributed by atoms with van der Waals surface area (Å²) >= 11 is 3.28. The molecule has 0 spiro atoms. The number of hydrogen-bond acceptors (Lipinski definition) is 3. The van der Waals surface area contributed by atoms with Gasteiger partial charge in [-0.15, -0.1) is 0 Å². The Kier molecular flexibility index (Phi) is 3.14. The van der Waals surface area contributed by atoms with E-state index in [1.54, 1.807) is 12.1 Å². The minimum Gasteiger partial charge on any atom is -0.512 e. The van der Waals surface area contributed by atoms with Crippen molar-refractivity contribution in [3.8, 4) is 5.75 Å². The highest BCUT2D eigenvalue weighted by Crippen LogP contribution is 2.21. The fourth-order valence-electron chi connectivity index (χ4n) is 0.859. The van der Waals surface area contributed by atoms with Crippen molar-refractivity contribution in [2.24, 2.45) is 0 Å². The third-order valence-corrected chi connectivity index (χ3v) is 1.86. The van der Waals surface area contributed by atoms with Crippen molar-refractivity contribution in [2.75, 3.05) is 0 Å². The van der Waals surface area contributed by atoms with E-state index in [0.29, 0.717) is 5.75 Å². The van der Waals surface area contributed by atoms with Gasteiger partial charge >= 0.3 is 7.32 Å². The molecule has 2 N–H and O–H groups in total. The average molecular weight is 231 g/mol. The van der Waals surface area contributed by atoms with Crippen LogP contribution in [0.4, 0.5) is 0 Å². The highest BCUT2D eigenvalue weighted by atomic mass is 79.9. The second-order valence-electron chi connectivity index (χ2n) is 2.35. The molecule has 0 bridgehead atoms. The summed E-state index contributed by atoms with van der Waals surface area (Å²) in [6, 6.07) is 5.27. The van der Waals surface area contributed by atoms with E-state index < -0.39 is 7.32 Å². The normalized spacial score (nSPS) is 9.67. The zero-order chi connectivity index (χ0) is 9.14. The Labute approximate surface area is 79.3 Å². The zero-order valence-corrected chi connectivity index (χ0v) is 8.08. The van der Waals surface area contributed by atoms with E-state index in [4.69, 9.17) is 14.7 Å². The van der Waals surface area contributed by atoms with Crippen molar-refractivity contribution in [2.45, 2.75) is 6.92 Å². The molecule has 12 heavy (non-hydrogen) atoms. The molecule has 0 atom stereocenters. The SMILES string of the molecule is Cc1cc(Br)ccc1OB(O)O. The molecular formula is C7H8BBrO3. The fourth-order valence-corrected chi connectivity index (χ4v) is 1.33. The standard InChI is InChI=1S/C7H8BBrO3/c1-5-4-6(9)2-3-7(5)12-8(10)11/h2-4,10-11H,1H3. The van der Waals surface area contributed by atoms with Crippen LogP contribution in [0.5, 0.6) is 5.75 Å². The van der Waals surface area contributed by atoms with Crippen molar-refractivity contribution in [1.82, 2.24) is 0 Å². The van der Waals surface area contributed by atoms with Gasteiger partial charge in [-0.2, -0.15) is 0 Å². The summed E-state index contributed by atoms with van der Waals surface area (Å²) in [7, 11) is -1.76. The molecule has 0 aliphatic rings. The zero-order valence-electron chi connectivity index (χ0n) is 6.49. The summed E-state index contributed by atoms with van der Waals surface area (Å²) in [6.07, 6.45) is 0. The molecule has 1 rings (SSSR count). The van der Waals surface area contributed by atoms with Gasteiger partial charge in [-0.3, -0.25) is 0 Å². The first-order chi connectivity index (χ1) is 5.59. The van der Waals surface area contributed by atoms with E-state index in [-0.39, 0.29) is 0 Å². The Morgan fingerprint density at radius 3 is 2.58 bits per heavy atom. The lowest BCUT2D eigenvalue weighted by molar-refractivity contribution is 0.287.